The van der Waals surface area contributed by atoms with E-state index in [1.165, 1.54) is 0 Å². The van der Waals surface area contributed by atoms with Gasteiger partial charge >= 0.3 is 0 Å². The zero-order valence-corrected chi connectivity index (χ0v) is 18.1. The highest BCUT2D eigenvalue weighted by molar-refractivity contribution is 5.76. The van der Waals surface area contributed by atoms with Crippen LogP contribution in [0.15, 0.2) is 42.5 Å². The van der Waals surface area contributed by atoms with Crippen molar-refractivity contribution in [2.45, 2.75) is 25.8 Å². The molecule has 0 saturated carbocycles. The minimum Gasteiger partial charge on any atom is -0.497 e. The first kappa shape index (κ1) is 23.3. The van der Waals surface area contributed by atoms with Gasteiger partial charge in [0, 0.05) is 13.5 Å². The van der Waals surface area contributed by atoms with Crippen molar-refractivity contribution in [3.8, 4) is 23.0 Å². The topological polar surface area (TPSA) is 75.3 Å². The average Bonchev–Trinajstić information content (AvgIpc) is 2.77. The van der Waals surface area contributed by atoms with Crippen molar-refractivity contribution in [3.05, 3.63) is 48.0 Å². The summed E-state index contributed by atoms with van der Waals surface area (Å²) in [6.45, 7) is 3.35. The van der Waals surface area contributed by atoms with Gasteiger partial charge in [-0.25, -0.2) is 0 Å². The largest absolute Gasteiger partial charge is 0.497 e. The third-order valence-electron chi connectivity index (χ3n) is 4.49. The predicted molar refractivity (Wildman–Crippen MR) is 115 cm³/mol. The third kappa shape index (κ3) is 7.48. The van der Waals surface area contributed by atoms with E-state index in [1.54, 1.807) is 21.3 Å². The number of benzene rings is 2. The first-order chi connectivity index (χ1) is 14.6. The lowest BCUT2D eigenvalue weighted by molar-refractivity contribution is -0.121. The van der Waals surface area contributed by atoms with Crippen LogP contribution in [0.5, 0.6) is 23.0 Å². The third-order valence-corrected chi connectivity index (χ3v) is 4.49. The van der Waals surface area contributed by atoms with Gasteiger partial charge in [-0.3, -0.25) is 4.79 Å². The first-order valence-corrected chi connectivity index (χ1v) is 9.93. The molecular formula is C23H31NO6. The molecule has 0 aliphatic rings. The van der Waals surface area contributed by atoms with Gasteiger partial charge in [0.05, 0.1) is 33.5 Å². The number of ether oxygens (including phenoxy) is 5. The molecule has 0 spiro atoms. The Morgan fingerprint density at radius 3 is 2.27 bits per heavy atom. The Hall–Kier alpha value is -2.93. The minimum atomic E-state index is -0.151. The lowest BCUT2D eigenvalue weighted by Crippen LogP contribution is -2.26. The number of hydrogen-bond acceptors (Lipinski definition) is 6. The SMILES string of the molecule is COCCOc1ccc(C(C)NC(=O)CCCOc2ccc(OC)cc2)cc1OC. The van der Waals surface area contributed by atoms with Crippen molar-refractivity contribution in [1.82, 2.24) is 5.32 Å². The van der Waals surface area contributed by atoms with Crippen LogP contribution in [-0.4, -0.2) is 47.1 Å². The normalized spacial score (nSPS) is 11.5. The van der Waals surface area contributed by atoms with E-state index in [-0.39, 0.29) is 11.9 Å². The minimum absolute atomic E-state index is 0.0276. The lowest BCUT2D eigenvalue weighted by atomic mass is 10.1. The summed E-state index contributed by atoms with van der Waals surface area (Å²) in [5, 5.41) is 3.01. The van der Waals surface area contributed by atoms with Gasteiger partial charge in [0.15, 0.2) is 11.5 Å². The van der Waals surface area contributed by atoms with Crippen molar-refractivity contribution in [1.29, 1.82) is 0 Å². The summed E-state index contributed by atoms with van der Waals surface area (Å²) in [4.78, 5) is 12.3. The molecule has 0 heterocycles. The fraction of sp³-hybridized carbons (Fsp3) is 0.435. The lowest BCUT2D eigenvalue weighted by Gasteiger charge is -2.17. The van der Waals surface area contributed by atoms with Gasteiger partial charge in [-0.15, -0.1) is 0 Å². The molecule has 0 fully saturated rings. The van der Waals surface area contributed by atoms with Crippen LogP contribution in [0, 0.1) is 0 Å². The highest BCUT2D eigenvalue weighted by Crippen LogP contribution is 2.30. The number of hydrogen-bond donors (Lipinski definition) is 1. The van der Waals surface area contributed by atoms with E-state index in [2.05, 4.69) is 5.32 Å². The Bertz CT molecular complexity index is 778. The first-order valence-electron chi connectivity index (χ1n) is 9.93. The molecule has 1 unspecified atom stereocenters. The second kappa shape index (κ2) is 12.6. The fourth-order valence-electron chi connectivity index (χ4n) is 2.80. The van der Waals surface area contributed by atoms with E-state index in [0.717, 1.165) is 17.1 Å². The van der Waals surface area contributed by atoms with E-state index in [0.29, 0.717) is 44.2 Å². The van der Waals surface area contributed by atoms with Gasteiger partial charge in [0.25, 0.3) is 0 Å². The molecule has 1 N–H and O–H groups in total. The predicted octanol–water partition coefficient (Wildman–Crippen LogP) is 3.77. The highest BCUT2D eigenvalue weighted by Gasteiger charge is 2.13. The van der Waals surface area contributed by atoms with Gasteiger partial charge in [0.2, 0.25) is 5.91 Å². The van der Waals surface area contributed by atoms with Gasteiger partial charge < -0.3 is 29.0 Å². The number of rotatable bonds is 13. The molecular weight excluding hydrogens is 386 g/mol. The van der Waals surface area contributed by atoms with Crippen molar-refractivity contribution >= 4 is 5.91 Å². The molecule has 7 nitrogen and oxygen atoms in total. The second-order valence-corrected chi connectivity index (χ2v) is 6.67. The van der Waals surface area contributed by atoms with Crippen molar-refractivity contribution in [3.63, 3.8) is 0 Å². The number of amides is 1. The molecule has 7 heteroatoms. The van der Waals surface area contributed by atoms with Crippen LogP contribution in [0.2, 0.25) is 0 Å². The zero-order chi connectivity index (χ0) is 21.8. The summed E-state index contributed by atoms with van der Waals surface area (Å²) in [5.41, 5.74) is 0.939. The molecule has 30 heavy (non-hydrogen) atoms. The number of methoxy groups -OCH3 is 3. The summed E-state index contributed by atoms with van der Waals surface area (Å²) in [6.07, 6.45) is 1.01. The highest BCUT2D eigenvalue weighted by atomic mass is 16.5. The van der Waals surface area contributed by atoms with Crippen LogP contribution >= 0.6 is 0 Å². The van der Waals surface area contributed by atoms with Crippen molar-refractivity contribution in [2.24, 2.45) is 0 Å². The van der Waals surface area contributed by atoms with Crippen LogP contribution in [0.4, 0.5) is 0 Å². The standard InChI is InChI=1S/C23H31NO6/c1-17(18-7-12-21(22(16-18)28-4)30-15-14-26-2)24-23(25)6-5-13-29-20-10-8-19(27-3)9-11-20/h7-12,16-17H,5-6,13-15H2,1-4H3,(H,24,25). The van der Waals surface area contributed by atoms with Crippen molar-refractivity contribution < 1.29 is 28.5 Å². The molecule has 0 aliphatic carbocycles. The number of carbonyl (C=O) groups excluding carboxylic acids is 1. The maximum atomic E-state index is 12.3. The Kier molecular flexibility index (Phi) is 9.80. The Balaban J connectivity index is 1.77. The van der Waals surface area contributed by atoms with E-state index in [4.69, 9.17) is 23.7 Å². The monoisotopic (exact) mass is 417 g/mol. The van der Waals surface area contributed by atoms with Crippen LogP contribution in [0.1, 0.15) is 31.4 Å². The molecule has 2 rings (SSSR count). The van der Waals surface area contributed by atoms with Gasteiger partial charge in [-0.05, 0) is 55.3 Å². The molecule has 0 aliphatic heterocycles. The van der Waals surface area contributed by atoms with E-state index in [1.807, 2.05) is 49.4 Å². The van der Waals surface area contributed by atoms with Crippen molar-refractivity contribution in [2.75, 3.05) is 41.2 Å². The smallest absolute Gasteiger partial charge is 0.220 e. The average molecular weight is 418 g/mol. The summed E-state index contributed by atoms with van der Waals surface area (Å²) >= 11 is 0. The van der Waals surface area contributed by atoms with Crippen LogP contribution < -0.4 is 24.3 Å². The van der Waals surface area contributed by atoms with Crippen LogP contribution in [0.25, 0.3) is 0 Å². The summed E-state index contributed by atoms with van der Waals surface area (Å²) in [5.74, 6) is 2.77. The van der Waals surface area contributed by atoms with Gasteiger partial charge in [-0.1, -0.05) is 6.07 Å². The molecule has 0 saturated heterocycles. The molecule has 0 aromatic heterocycles. The van der Waals surface area contributed by atoms with Gasteiger partial charge in [-0.2, -0.15) is 0 Å². The summed E-state index contributed by atoms with van der Waals surface area (Å²) in [6, 6.07) is 12.9. The number of carbonyl (C=O) groups is 1. The van der Waals surface area contributed by atoms with E-state index in [9.17, 15) is 4.79 Å². The maximum Gasteiger partial charge on any atom is 0.220 e. The molecule has 1 amide bonds. The Labute approximate surface area is 178 Å². The van der Waals surface area contributed by atoms with Crippen LogP contribution in [-0.2, 0) is 9.53 Å². The Morgan fingerprint density at radius 2 is 1.60 bits per heavy atom. The molecule has 2 aromatic rings. The molecule has 0 radical (unpaired) electrons. The Morgan fingerprint density at radius 1 is 0.867 bits per heavy atom. The fourth-order valence-corrected chi connectivity index (χ4v) is 2.80. The zero-order valence-electron chi connectivity index (χ0n) is 18.1. The van der Waals surface area contributed by atoms with E-state index >= 15 is 0 Å². The molecule has 1 atom stereocenters. The molecule has 164 valence electrons. The summed E-state index contributed by atoms with van der Waals surface area (Å²) < 4.78 is 26.8. The number of nitrogens with one attached hydrogen (secondary N) is 1. The molecule has 2 aromatic carbocycles. The van der Waals surface area contributed by atoms with E-state index < -0.39 is 0 Å². The van der Waals surface area contributed by atoms with Gasteiger partial charge in [0.1, 0.15) is 18.1 Å². The molecule has 0 bridgehead atoms. The summed E-state index contributed by atoms with van der Waals surface area (Å²) in [7, 11) is 4.84. The maximum absolute atomic E-state index is 12.3. The quantitative estimate of drug-likeness (QED) is 0.500. The second-order valence-electron chi connectivity index (χ2n) is 6.67. The van der Waals surface area contributed by atoms with Crippen LogP contribution in [0.3, 0.4) is 0 Å².